The first-order chi connectivity index (χ1) is 14.8. The van der Waals surface area contributed by atoms with Crippen molar-refractivity contribution in [2.45, 2.75) is 56.8 Å². The second-order valence-electron chi connectivity index (χ2n) is 9.52. The van der Waals surface area contributed by atoms with Crippen LogP contribution in [0.25, 0.3) is 0 Å². The number of hydrogen-bond donors (Lipinski definition) is 0. The summed E-state index contributed by atoms with van der Waals surface area (Å²) in [5, 5.41) is 0. The molecule has 0 atom stereocenters. The van der Waals surface area contributed by atoms with Crippen LogP contribution in [-0.4, -0.2) is 23.0 Å². The SMILES string of the molecule is O=C(COc1cccc(C(F)(F)F)c1)N(Cc1ccco1)C12CC3CC(CC(C3)C1)C2. The predicted molar refractivity (Wildman–Crippen MR) is 107 cm³/mol. The minimum atomic E-state index is -4.45. The molecule has 0 N–H and O–H groups in total. The van der Waals surface area contributed by atoms with E-state index in [4.69, 9.17) is 9.15 Å². The highest BCUT2D eigenvalue weighted by molar-refractivity contribution is 5.78. The van der Waals surface area contributed by atoms with Gasteiger partial charge in [0.1, 0.15) is 11.5 Å². The Labute approximate surface area is 179 Å². The van der Waals surface area contributed by atoms with Gasteiger partial charge in [-0.25, -0.2) is 0 Å². The van der Waals surface area contributed by atoms with Gasteiger partial charge in [-0.3, -0.25) is 4.79 Å². The summed E-state index contributed by atoms with van der Waals surface area (Å²) in [6.07, 6.45) is 3.89. The van der Waals surface area contributed by atoms with Crippen LogP contribution >= 0.6 is 0 Å². The molecule has 6 rings (SSSR count). The van der Waals surface area contributed by atoms with Gasteiger partial charge in [-0.1, -0.05) is 6.07 Å². The van der Waals surface area contributed by atoms with Gasteiger partial charge in [0.05, 0.1) is 18.4 Å². The van der Waals surface area contributed by atoms with Crippen molar-refractivity contribution in [1.29, 1.82) is 0 Å². The summed E-state index contributed by atoms with van der Waals surface area (Å²) in [5.41, 5.74) is -0.985. The molecular weight excluding hydrogens is 407 g/mol. The van der Waals surface area contributed by atoms with Crippen LogP contribution < -0.4 is 4.74 Å². The number of alkyl halides is 3. The molecule has 1 amide bonds. The number of benzene rings is 1. The number of carbonyl (C=O) groups is 1. The average molecular weight is 433 g/mol. The van der Waals surface area contributed by atoms with Gasteiger partial charge in [-0.05, 0) is 86.6 Å². The Morgan fingerprint density at radius 3 is 2.32 bits per heavy atom. The van der Waals surface area contributed by atoms with Crippen LogP contribution in [0.15, 0.2) is 47.1 Å². The summed E-state index contributed by atoms with van der Waals surface area (Å²) >= 11 is 0. The summed E-state index contributed by atoms with van der Waals surface area (Å²) < 4.78 is 50.0. The molecule has 1 heterocycles. The highest BCUT2D eigenvalue weighted by Crippen LogP contribution is 2.58. The third kappa shape index (κ3) is 4.06. The van der Waals surface area contributed by atoms with Gasteiger partial charge in [0.15, 0.2) is 6.61 Å². The molecule has 0 radical (unpaired) electrons. The van der Waals surface area contributed by atoms with Crippen LogP contribution in [0.2, 0.25) is 0 Å². The maximum Gasteiger partial charge on any atom is 0.416 e. The average Bonchev–Trinajstić information content (AvgIpc) is 3.22. The Morgan fingerprint density at radius 2 is 1.74 bits per heavy atom. The fourth-order valence-corrected chi connectivity index (χ4v) is 6.46. The smallest absolute Gasteiger partial charge is 0.416 e. The largest absolute Gasteiger partial charge is 0.484 e. The van der Waals surface area contributed by atoms with Gasteiger partial charge in [0.25, 0.3) is 5.91 Å². The van der Waals surface area contributed by atoms with Crippen LogP contribution in [0.5, 0.6) is 5.75 Å². The molecule has 4 aliphatic rings. The molecule has 4 aliphatic carbocycles. The Morgan fingerprint density at radius 1 is 1.06 bits per heavy atom. The lowest BCUT2D eigenvalue weighted by atomic mass is 9.52. The molecule has 4 saturated carbocycles. The molecule has 2 aromatic rings. The molecular formula is C24H26F3NO3. The minimum Gasteiger partial charge on any atom is -0.484 e. The van der Waals surface area contributed by atoms with E-state index in [0.29, 0.717) is 30.1 Å². The van der Waals surface area contributed by atoms with E-state index in [1.54, 1.807) is 12.3 Å². The molecule has 31 heavy (non-hydrogen) atoms. The third-order valence-electron chi connectivity index (χ3n) is 7.30. The first-order valence-corrected chi connectivity index (χ1v) is 10.9. The summed E-state index contributed by atoms with van der Waals surface area (Å²) in [5.74, 6) is 2.53. The molecule has 4 nitrogen and oxygen atoms in total. The Bertz CT molecular complexity index is 903. The molecule has 0 saturated heterocycles. The van der Waals surface area contributed by atoms with Crippen molar-refractivity contribution in [3.63, 3.8) is 0 Å². The van der Waals surface area contributed by atoms with E-state index >= 15 is 0 Å². The summed E-state index contributed by atoms with van der Waals surface area (Å²) in [6.45, 7) is 0.0771. The lowest BCUT2D eigenvalue weighted by molar-refractivity contribution is -0.155. The van der Waals surface area contributed by atoms with Gasteiger partial charge in [-0.2, -0.15) is 13.2 Å². The van der Waals surface area contributed by atoms with E-state index < -0.39 is 11.7 Å². The maximum atomic E-state index is 13.4. The first-order valence-electron chi connectivity index (χ1n) is 10.9. The van der Waals surface area contributed by atoms with Crippen LogP contribution in [0.3, 0.4) is 0 Å². The number of amides is 1. The Balaban J connectivity index is 1.35. The molecule has 0 unspecified atom stereocenters. The second-order valence-corrected chi connectivity index (χ2v) is 9.52. The monoisotopic (exact) mass is 433 g/mol. The van der Waals surface area contributed by atoms with E-state index in [0.717, 1.165) is 31.4 Å². The standard InChI is InChI=1S/C24H26F3NO3/c25-24(26,27)19-3-1-4-20(10-19)31-15-22(29)28(14-21-5-2-6-30-21)23-11-16-7-17(12-23)9-18(8-16)13-23/h1-6,10,16-18H,7-9,11-15H2. The summed E-state index contributed by atoms with van der Waals surface area (Å²) in [4.78, 5) is 15.3. The zero-order chi connectivity index (χ0) is 21.6. The van der Waals surface area contributed by atoms with Crippen molar-refractivity contribution >= 4 is 5.91 Å². The zero-order valence-corrected chi connectivity index (χ0v) is 17.2. The van der Waals surface area contributed by atoms with Gasteiger partial charge in [-0.15, -0.1) is 0 Å². The molecule has 4 fully saturated rings. The van der Waals surface area contributed by atoms with Gasteiger partial charge in [0, 0.05) is 5.54 Å². The van der Waals surface area contributed by atoms with Crippen molar-refractivity contribution in [1.82, 2.24) is 4.90 Å². The fourth-order valence-electron chi connectivity index (χ4n) is 6.46. The van der Waals surface area contributed by atoms with Crippen LogP contribution in [0.1, 0.15) is 49.8 Å². The highest BCUT2D eigenvalue weighted by Gasteiger charge is 2.54. The third-order valence-corrected chi connectivity index (χ3v) is 7.30. The minimum absolute atomic E-state index is 0.0478. The van der Waals surface area contributed by atoms with Crippen molar-refractivity contribution in [3.8, 4) is 5.75 Å². The normalized spacial score (nSPS) is 29.2. The summed E-state index contributed by atoms with van der Waals surface area (Å²) in [7, 11) is 0. The van der Waals surface area contributed by atoms with Crippen LogP contribution in [-0.2, 0) is 17.5 Å². The highest BCUT2D eigenvalue weighted by atomic mass is 19.4. The van der Waals surface area contributed by atoms with Crippen LogP contribution in [0.4, 0.5) is 13.2 Å². The quantitative estimate of drug-likeness (QED) is 0.589. The number of rotatable bonds is 6. The van der Waals surface area contributed by atoms with Crippen molar-refractivity contribution in [3.05, 3.63) is 54.0 Å². The Kier molecular flexibility index (Phi) is 5.02. The predicted octanol–water partition coefficient (Wildman–Crippen LogP) is 5.67. The molecule has 1 aromatic carbocycles. The topological polar surface area (TPSA) is 42.7 Å². The number of carbonyl (C=O) groups excluding carboxylic acids is 1. The molecule has 4 bridgehead atoms. The van der Waals surface area contributed by atoms with Gasteiger partial charge >= 0.3 is 6.18 Å². The number of furan rings is 1. The van der Waals surface area contributed by atoms with Crippen LogP contribution in [0, 0.1) is 17.8 Å². The van der Waals surface area contributed by atoms with Gasteiger partial charge in [0.2, 0.25) is 0 Å². The van der Waals surface area contributed by atoms with Gasteiger partial charge < -0.3 is 14.1 Å². The first kappa shape index (κ1) is 20.5. The lowest BCUT2D eigenvalue weighted by Gasteiger charge is -2.60. The van der Waals surface area contributed by atoms with E-state index in [1.165, 1.54) is 31.4 Å². The zero-order valence-electron chi connectivity index (χ0n) is 17.2. The molecule has 166 valence electrons. The van der Waals surface area contributed by atoms with E-state index in [1.807, 2.05) is 11.0 Å². The molecule has 0 spiro atoms. The van der Waals surface area contributed by atoms with E-state index in [-0.39, 0.29) is 23.8 Å². The van der Waals surface area contributed by atoms with E-state index in [9.17, 15) is 18.0 Å². The fraction of sp³-hybridized carbons (Fsp3) is 0.542. The number of ether oxygens (including phenoxy) is 1. The lowest BCUT2D eigenvalue weighted by Crippen LogP contribution is -2.61. The van der Waals surface area contributed by atoms with E-state index in [2.05, 4.69) is 0 Å². The number of halogens is 3. The second kappa shape index (κ2) is 7.61. The number of nitrogens with zero attached hydrogens (tertiary/aromatic N) is 1. The Hall–Kier alpha value is -2.44. The van der Waals surface area contributed by atoms with Crippen molar-refractivity contribution in [2.24, 2.45) is 17.8 Å². The summed E-state index contributed by atoms with van der Waals surface area (Å²) in [6, 6.07) is 8.33. The molecule has 1 aromatic heterocycles. The van der Waals surface area contributed by atoms with Crippen molar-refractivity contribution in [2.75, 3.05) is 6.61 Å². The van der Waals surface area contributed by atoms with Crippen molar-refractivity contribution < 1.29 is 27.1 Å². The maximum absolute atomic E-state index is 13.4. The number of hydrogen-bond acceptors (Lipinski definition) is 3. The molecule has 7 heteroatoms. The molecule has 0 aliphatic heterocycles.